The normalized spacial score (nSPS) is 16.7. The van der Waals surface area contributed by atoms with Crippen LogP contribution in [0.1, 0.15) is 26.9 Å². The van der Waals surface area contributed by atoms with Crippen molar-refractivity contribution in [1.29, 1.82) is 0 Å². The fourth-order valence-corrected chi connectivity index (χ4v) is 3.83. The third-order valence-corrected chi connectivity index (χ3v) is 4.99. The lowest BCUT2D eigenvalue weighted by Gasteiger charge is -2.20. The zero-order valence-electron chi connectivity index (χ0n) is 13.1. The number of hydrogen-bond acceptors (Lipinski definition) is 5. The molecule has 0 aliphatic carbocycles. The van der Waals surface area contributed by atoms with Crippen LogP contribution in [0.3, 0.4) is 0 Å². The number of carbonyl (C=O) groups is 1. The average molecular weight is 329 g/mol. The summed E-state index contributed by atoms with van der Waals surface area (Å²) in [6.45, 7) is 0.878. The minimum Gasteiger partial charge on any atom is -0.366 e. The molecule has 0 radical (unpaired) electrons. The molecule has 2 aromatic rings. The number of rotatable bonds is 4. The second-order valence-corrected chi connectivity index (χ2v) is 6.96. The summed E-state index contributed by atoms with van der Waals surface area (Å²) in [6.07, 6.45) is 0. The Morgan fingerprint density at radius 1 is 1.26 bits per heavy atom. The highest BCUT2D eigenvalue weighted by molar-refractivity contribution is 8.00. The van der Waals surface area contributed by atoms with E-state index in [1.54, 1.807) is 18.2 Å². The summed E-state index contributed by atoms with van der Waals surface area (Å²) in [7, 11) is 4.06. The molecule has 0 bridgehead atoms. The maximum Gasteiger partial charge on any atom is 0.248 e. The summed E-state index contributed by atoms with van der Waals surface area (Å²) in [6, 6.07) is 13.3. The van der Waals surface area contributed by atoms with Crippen molar-refractivity contribution in [3.05, 3.63) is 59.2 Å². The molecule has 1 amide bonds. The van der Waals surface area contributed by atoms with Crippen LogP contribution >= 0.6 is 11.8 Å². The smallest absolute Gasteiger partial charge is 0.248 e. The van der Waals surface area contributed by atoms with E-state index in [9.17, 15) is 10.0 Å². The average Bonchev–Trinajstić information content (AvgIpc) is 2.84. The zero-order chi connectivity index (χ0) is 16.6. The third-order valence-electron chi connectivity index (χ3n) is 3.72. The first-order valence-electron chi connectivity index (χ1n) is 7.28. The highest BCUT2D eigenvalue weighted by Gasteiger charge is 2.31. The molecule has 0 aromatic heterocycles. The lowest BCUT2D eigenvalue weighted by Crippen LogP contribution is -2.18. The molecule has 0 saturated carbocycles. The first-order valence-corrected chi connectivity index (χ1v) is 8.16. The van der Waals surface area contributed by atoms with E-state index in [1.165, 1.54) is 22.4 Å². The van der Waals surface area contributed by atoms with E-state index in [0.29, 0.717) is 11.3 Å². The van der Waals surface area contributed by atoms with Gasteiger partial charge in [0.15, 0.2) is 0 Å². The van der Waals surface area contributed by atoms with E-state index >= 15 is 0 Å². The molecule has 0 spiro atoms. The molecule has 5 nitrogen and oxygen atoms in total. The standard InChI is InChI=1S/C17H19N3O2S/c1-19(2)10-11-3-5-12(6-4-11)17-20(22)14-8-7-13(16(18)21)9-15(14)23-17/h3-9,17,22H,10H2,1-2H3,(H2,18,21). The van der Waals surface area contributed by atoms with E-state index in [2.05, 4.69) is 17.0 Å². The molecular weight excluding hydrogens is 310 g/mol. The van der Waals surface area contributed by atoms with Crippen molar-refractivity contribution < 1.29 is 10.0 Å². The molecule has 0 saturated heterocycles. The largest absolute Gasteiger partial charge is 0.366 e. The number of benzene rings is 2. The number of hydrogen-bond donors (Lipinski definition) is 2. The van der Waals surface area contributed by atoms with Gasteiger partial charge in [0.1, 0.15) is 5.37 Å². The van der Waals surface area contributed by atoms with Gasteiger partial charge in [-0.15, -0.1) is 0 Å². The number of anilines is 1. The summed E-state index contributed by atoms with van der Waals surface area (Å²) in [5, 5.41) is 11.4. The Labute approximate surface area is 139 Å². The first-order chi connectivity index (χ1) is 11.0. The van der Waals surface area contributed by atoms with Gasteiger partial charge in [-0.2, -0.15) is 0 Å². The Morgan fingerprint density at radius 2 is 1.96 bits per heavy atom. The van der Waals surface area contributed by atoms with Gasteiger partial charge in [0, 0.05) is 17.0 Å². The second-order valence-electron chi connectivity index (χ2n) is 5.84. The fourth-order valence-electron chi connectivity index (χ4n) is 2.61. The maximum absolute atomic E-state index is 11.3. The number of amides is 1. The predicted molar refractivity (Wildman–Crippen MR) is 91.7 cm³/mol. The van der Waals surface area contributed by atoms with Crippen LogP contribution < -0.4 is 10.8 Å². The first kappa shape index (κ1) is 15.9. The molecule has 2 aromatic carbocycles. The molecule has 0 fully saturated rings. The van der Waals surface area contributed by atoms with Crippen LogP contribution in [0.4, 0.5) is 5.69 Å². The maximum atomic E-state index is 11.3. The monoisotopic (exact) mass is 329 g/mol. The van der Waals surface area contributed by atoms with Gasteiger partial charge < -0.3 is 10.6 Å². The summed E-state index contributed by atoms with van der Waals surface area (Å²) in [5.41, 5.74) is 8.70. The van der Waals surface area contributed by atoms with Crippen molar-refractivity contribution in [2.75, 3.05) is 19.2 Å². The van der Waals surface area contributed by atoms with E-state index in [4.69, 9.17) is 5.73 Å². The molecule has 1 aliphatic rings. The number of carbonyl (C=O) groups excluding carboxylic acids is 1. The Morgan fingerprint density at radius 3 is 2.57 bits per heavy atom. The SMILES string of the molecule is CN(C)Cc1ccc(C2Sc3cc(C(N)=O)ccc3N2O)cc1. The number of nitrogens with two attached hydrogens (primary N) is 1. The minimum atomic E-state index is -0.464. The van der Waals surface area contributed by atoms with Crippen LogP contribution in [0.5, 0.6) is 0 Å². The molecular formula is C17H19N3O2S. The Kier molecular flexibility index (Phi) is 4.30. The molecule has 6 heteroatoms. The van der Waals surface area contributed by atoms with Crippen LogP contribution in [0.15, 0.2) is 47.4 Å². The van der Waals surface area contributed by atoms with Crippen molar-refractivity contribution >= 4 is 23.4 Å². The van der Waals surface area contributed by atoms with Gasteiger partial charge in [-0.25, -0.2) is 5.06 Å². The number of primary amides is 1. The fraction of sp³-hybridized carbons (Fsp3) is 0.235. The van der Waals surface area contributed by atoms with Gasteiger partial charge in [-0.1, -0.05) is 36.0 Å². The molecule has 23 heavy (non-hydrogen) atoms. The van der Waals surface area contributed by atoms with E-state index in [-0.39, 0.29) is 5.37 Å². The van der Waals surface area contributed by atoms with Crippen molar-refractivity contribution in [3.8, 4) is 0 Å². The van der Waals surface area contributed by atoms with E-state index in [0.717, 1.165) is 17.0 Å². The molecule has 1 unspecified atom stereocenters. The van der Waals surface area contributed by atoms with Crippen LogP contribution in [0.2, 0.25) is 0 Å². The van der Waals surface area contributed by atoms with Crippen LogP contribution in [-0.2, 0) is 6.54 Å². The van der Waals surface area contributed by atoms with Gasteiger partial charge in [0.05, 0.1) is 5.69 Å². The Balaban J connectivity index is 1.83. The minimum absolute atomic E-state index is 0.221. The van der Waals surface area contributed by atoms with Crippen molar-refractivity contribution in [3.63, 3.8) is 0 Å². The molecule has 3 rings (SSSR count). The highest BCUT2D eigenvalue weighted by Crippen LogP contribution is 2.50. The Bertz CT molecular complexity index is 731. The van der Waals surface area contributed by atoms with Crippen molar-refractivity contribution in [1.82, 2.24) is 4.90 Å². The van der Waals surface area contributed by atoms with Crippen molar-refractivity contribution in [2.24, 2.45) is 5.73 Å². The van der Waals surface area contributed by atoms with Crippen molar-refractivity contribution in [2.45, 2.75) is 16.8 Å². The predicted octanol–water partition coefficient (Wildman–Crippen LogP) is 2.85. The highest BCUT2D eigenvalue weighted by atomic mass is 32.2. The summed E-state index contributed by atoms with van der Waals surface area (Å²) >= 11 is 1.51. The van der Waals surface area contributed by atoms with E-state index < -0.39 is 5.91 Å². The molecule has 120 valence electrons. The third kappa shape index (κ3) is 3.19. The number of nitrogens with zero attached hydrogens (tertiary/aromatic N) is 2. The number of hydroxylamine groups is 1. The molecule has 1 aliphatic heterocycles. The topological polar surface area (TPSA) is 69.8 Å². The molecule has 1 atom stereocenters. The van der Waals surface area contributed by atoms with Crippen LogP contribution in [0.25, 0.3) is 0 Å². The number of thioether (sulfide) groups is 1. The summed E-state index contributed by atoms with van der Waals surface area (Å²) in [4.78, 5) is 14.3. The van der Waals surface area contributed by atoms with Gasteiger partial charge in [0.2, 0.25) is 5.91 Å². The number of fused-ring (bicyclic) bond motifs is 1. The summed E-state index contributed by atoms with van der Waals surface area (Å²) < 4.78 is 0. The van der Waals surface area contributed by atoms with E-state index in [1.807, 2.05) is 26.2 Å². The van der Waals surface area contributed by atoms with Gasteiger partial charge in [0.25, 0.3) is 0 Å². The summed E-state index contributed by atoms with van der Waals surface area (Å²) in [5.74, 6) is -0.464. The Hall–Kier alpha value is -2.02. The zero-order valence-corrected chi connectivity index (χ0v) is 13.9. The van der Waals surface area contributed by atoms with Gasteiger partial charge in [-0.05, 0) is 43.4 Å². The lowest BCUT2D eigenvalue weighted by molar-refractivity contribution is 0.1000. The van der Waals surface area contributed by atoms with Crippen LogP contribution in [0, 0.1) is 0 Å². The lowest BCUT2D eigenvalue weighted by atomic mass is 10.1. The molecule has 3 N–H and O–H groups in total. The van der Waals surface area contributed by atoms with Gasteiger partial charge >= 0.3 is 0 Å². The van der Waals surface area contributed by atoms with Gasteiger partial charge in [-0.3, -0.25) is 10.0 Å². The molecule has 1 heterocycles. The van der Waals surface area contributed by atoms with Crippen LogP contribution in [-0.4, -0.2) is 30.1 Å². The second kappa shape index (κ2) is 6.23. The quantitative estimate of drug-likeness (QED) is 0.902.